The summed E-state index contributed by atoms with van der Waals surface area (Å²) in [4.78, 5) is 14.2. The standard InChI is InChI=1S/C22H24N4O4/c1-29-12-11-25(14-18-9-7-17(13-23)8-10-18)15-20(27)16-26-21(24-30-22(26)28)19-5-3-2-4-6-19/h2-10,20,27H,11-12,14-16H2,1H3. The number of benzene rings is 2. The number of hydrogen-bond donors (Lipinski definition) is 1. The Morgan fingerprint density at radius 3 is 2.63 bits per heavy atom. The van der Waals surface area contributed by atoms with Gasteiger partial charge in [0, 0.05) is 32.3 Å². The second kappa shape index (κ2) is 10.5. The summed E-state index contributed by atoms with van der Waals surface area (Å²) in [5.41, 5.74) is 2.36. The van der Waals surface area contributed by atoms with Gasteiger partial charge in [-0.05, 0) is 17.7 Å². The van der Waals surface area contributed by atoms with Gasteiger partial charge in [-0.3, -0.25) is 14.0 Å². The van der Waals surface area contributed by atoms with E-state index in [1.807, 2.05) is 47.4 Å². The highest BCUT2D eigenvalue weighted by atomic mass is 16.5. The summed E-state index contributed by atoms with van der Waals surface area (Å²) in [6, 6.07) is 18.6. The molecule has 1 atom stereocenters. The number of nitrogens with zero attached hydrogens (tertiary/aromatic N) is 4. The largest absolute Gasteiger partial charge is 0.441 e. The number of aliphatic hydroxyl groups is 1. The fraction of sp³-hybridized carbons (Fsp3) is 0.318. The maximum Gasteiger partial charge on any atom is 0.441 e. The molecule has 0 spiro atoms. The highest BCUT2D eigenvalue weighted by Crippen LogP contribution is 2.15. The zero-order valence-corrected chi connectivity index (χ0v) is 16.8. The van der Waals surface area contributed by atoms with Crippen molar-refractivity contribution in [2.24, 2.45) is 0 Å². The third kappa shape index (κ3) is 5.64. The average Bonchev–Trinajstić information content (AvgIpc) is 3.13. The SMILES string of the molecule is COCCN(Cc1ccc(C#N)cc1)CC(O)Cn1c(-c2ccccc2)noc1=O. The quantitative estimate of drug-likeness (QED) is 0.546. The van der Waals surface area contributed by atoms with Crippen LogP contribution in [0.1, 0.15) is 11.1 Å². The summed E-state index contributed by atoms with van der Waals surface area (Å²) in [5.74, 6) is -0.223. The summed E-state index contributed by atoms with van der Waals surface area (Å²) in [6.45, 7) is 2.08. The van der Waals surface area contributed by atoms with Crippen LogP contribution in [0.3, 0.4) is 0 Å². The van der Waals surface area contributed by atoms with Gasteiger partial charge in [0.25, 0.3) is 0 Å². The van der Waals surface area contributed by atoms with Crippen molar-refractivity contribution in [3.05, 3.63) is 76.3 Å². The first-order valence-corrected chi connectivity index (χ1v) is 9.61. The van der Waals surface area contributed by atoms with Gasteiger partial charge in [-0.2, -0.15) is 5.26 Å². The van der Waals surface area contributed by atoms with Crippen LogP contribution in [0.25, 0.3) is 11.4 Å². The van der Waals surface area contributed by atoms with Gasteiger partial charge in [0.1, 0.15) is 0 Å². The van der Waals surface area contributed by atoms with Crippen LogP contribution >= 0.6 is 0 Å². The van der Waals surface area contributed by atoms with E-state index >= 15 is 0 Å². The van der Waals surface area contributed by atoms with Gasteiger partial charge in [-0.15, -0.1) is 0 Å². The second-order valence-corrected chi connectivity index (χ2v) is 6.94. The topological polar surface area (TPSA) is 105 Å². The van der Waals surface area contributed by atoms with Gasteiger partial charge in [0.15, 0.2) is 5.82 Å². The van der Waals surface area contributed by atoms with Crippen LogP contribution in [0, 0.1) is 11.3 Å². The van der Waals surface area contributed by atoms with Crippen LogP contribution in [-0.4, -0.2) is 52.6 Å². The van der Waals surface area contributed by atoms with E-state index < -0.39 is 11.9 Å². The van der Waals surface area contributed by atoms with Gasteiger partial charge < -0.3 is 9.84 Å². The second-order valence-electron chi connectivity index (χ2n) is 6.94. The first kappa shape index (κ1) is 21.5. The van der Waals surface area contributed by atoms with E-state index in [9.17, 15) is 9.90 Å². The number of hydrogen-bond acceptors (Lipinski definition) is 7. The third-order valence-corrected chi connectivity index (χ3v) is 4.68. The molecule has 0 aliphatic carbocycles. The molecule has 0 saturated carbocycles. The van der Waals surface area contributed by atoms with Gasteiger partial charge in [-0.1, -0.05) is 47.6 Å². The summed E-state index contributed by atoms with van der Waals surface area (Å²) < 4.78 is 11.4. The van der Waals surface area contributed by atoms with Crippen molar-refractivity contribution in [1.82, 2.24) is 14.6 Å². The summed E-state index contributed by atoms with van der Waals surface area (Å²) in [7, 11) is 1.62. The lowest BCUT2D eigenvalue weighted by molar-refractivity contribution is 0.0745. The minimum atomic E-state index is -0.820. The predicted octanol–water partition coefficient (Wildman–Crippen LogP) is 1.88. The Hall–Kier alpha value is -3.25. The van der Waals surface area contributed by atoms with Crippen LogP contribution in [0.5, 0.6) is 0 Å². The van der Waals surface area contributed by atoms with Crippen molar-refractivity contribution in [1.29, 1.82) is 5.26 Å². The lowest BCUT2D eigenvalue weighted by Gasteiger charge is -2.25. The minimum Gasteiger partial charge on any atom is -0.390 e. The smallest absolute Gasteiger partial charge is 0.390 e. The Morgan fingerprint density at radius 2 is 1.97 bits per heavy atom. The molecule has 3 aromatic rings. The molecular weight excluding hydrogens is 384 g/mol. The van der Waals surface area contributed by atoms with E-state index in [1.165, 1.54) is 4.57 Å². The molecule has 0 aliphatic heterocycles. The Kier molecular flexibility index (Phi) is 7.51. The molecular formula is C22H24N4O4. The Bertz CT molecular complexity index is 1020. The molecule has 0 aliphatic rings. The van der Waals surface area contributed by atoms with Crippen molar-refractivity contribution >= 4 is 0 Å². The molecule has 8 heteroatoms. The zero-order chi connectivity index (χ0) is 21.3. The van der Waals surface area contributed by atoms with Crippen LogP contribution in [-0.2, 0) is 17.8 Å². The molecule has 0 bridgehead atoms. The number of ether oxygens (including phenoxy) is 1. The molecule has 0 saturated heterocycles. The van der Waals surface area contributed by atoms with E-state index in [0.717, 1.165) is 11.1 Å². The van der Waals surface area contributed by atoms with Crippen LogP contribution in [0.15, 0.2) is 63.9 Å². The lowest BCUT2D eigenvalue weighted by atomic mass is 10.1. The number of nitriles is 1. The van der Waals surface area contributed by atoms with Crippen LogP contribution < -0.4 is 5.76 Å². The molecule has 1 unspecified atom stereocenters. The van der Waals surface area contributed by atoms with E-state index in [-0.39, 0.29) is 6.54 Å². The van der Waals surface area contributed by atoms with Crippen molar-refractivity contribution in [2.45, 2.75) is 19.2 Å². The minimum absolute atomic E-state index is 0.0589. The molecule has 8 nitrogen and oxygen atoms in total. The molecule has 156 valence electrons. The molecule has 1 aromatic heterocycles. The first-order valence-electron chi connectivity index (χ1n) is 9.61. The van der Waals surface area contributed by atoms with Crippen LogP contribution in [0.4, 0.5) is 0 Å². The lowest BCUT2D eigenvalue weighted by Crippen LogP contribution is -2.37. The number of rotatable bonds is 10. The van der Waals surface area contributed by atoms with Crippen molar-refractivity contribution in [3.63, 3.8) is 0 Å². The monoisotopic (exact) mass is 408 g/mol. The fourth-order valence-electron chi connectivity index (χ4n) is 3.19. The van der Waals surface area contributed by atoms with E-state index in [4.69, 9.17) is 14.5 Å². The van der Waals surface area contributed by atoms with E-state index in [1.54, 1.807) is 19.2 Å². The summed E-state index contributed by atoms with van der Waals surface area (Å²) in [5, 5.41) is 23.5. The Balaban J connectivity index is 1.70. The summed E-state index contributed by atoms with van der Waals surface area (Å²) in [6.07, 6.45) is -0.820. The maximum absolute atomic E-state index is 12.1. The normalized spacial score (nSPS) is 12.1. The third-order valence-electron chi connectivity index (χ3n) is 4.68. The van der Waals surface area contributed by atoms with E-state index in [2.05, 4.69) is 11.2 Å². The van der Waals surface area contributed by atoms with Crippen molar-refractivity contribution in [3.8, 4) is 17.5 Å². The molecule has 0 amide bonds. The van der Waals surface area contributed by atoms with Crippen molar-refractivity contribution < 1.29 is 14.4 Å². The van der Waals surface area contributed by atoms with Gasteiger partial charge in [0.05, 0.1) is 30.9 Å². The first-order chi connectivity index (χ1) is 14.6. The van der Waals surface area contributed by atoms with Crippen LogP contribution in [0.2, 0.25) is 0 Å². The highest BCUT2D eigenvalue weighted by molar-refractivity contribution is 5.54. The molecule has 0 radical (unpaired) electrons. The van der Waals surface area contributed by atoms with Crippen molar-refractivity contribution in [2.75, 3.05) is 26.8 Å². The number of aromatic nitrogens is 2. The highest BCUT2D eigenvalue weighted by Gasteiger charge is 2.18. The molecule has 1 heterocycles. The zero-order valence-electron chi connectivity index (χ0n) is 16.8. The summed E-state index contributed by atoms with van der Waals surface area (Å²) >= 11 is 0. The fourth-order valence-corrected chi connectivity index (χ4v) is 3.19. The van der Waals surface area contributed by atoms with Gasteiger partial charge in [-0.25, -0.2) is 4.79 Å². The van der Waals surface area contributed by atoms with E-state index in [0.29, 0.717) is 37.6 Å². The Morgan fingerprint density at radius 1 is 1.23 bits per heavy atom. The predicted molar refractivity (Wildman–Crippen MR) is 111 cm³/mol. The molecule has 3 rings (SSSR count). The molecule has 1 N–H and O–H groups in total. The van der Waals surface area contributed by atoms with Gasteiger partial charge in [0.2, 0.25) is 0 Å². The molecule has 0 fully saturated rings. The number of methoxy groups -OCH3 is 1. The maximum atomic E-state index is 12.1. The van der Waals surface area contributed by atoms with Gasteiger partial charge >= 0.3 is 5.76 Å². The molecule has 2 aromatic carbocycles. The number of aliphatic hydroxyl groups excluding tert-OH is 1. The average molecular weight is 408 g/mol. The molecule has 30 heavy (non-hydrogen) atoms. The Labute approximate surface area is 174 Å².